The fourth-order valence-corrected chi connectivity index (χ4v) is 4.30. The molecule has 0 aliphatic carbocycles. The largest absolute Gasteiger partial charge is 0.342 e. The Kier molecular flexibility index (Phi) is 5.55. The standard InChI is InChI=1S/C17H22N4O4S/c1-26(23,24)11-14-3-2-8-21(10-14)17(22)18-9-13-4-6-15(7-5-13)16-19-12-25-20-16/h4-7,12,14H,2-3,8-11H2,1H3,(H,18,22)/t14-/m0/s1. The van der Waals surface area contributed by atoms with Gasteiger partial charge in [0.25, 0.3) is 0 Å². The van der Waals surface area contributed by atoms with Gasteiger partial charge in [-0.3, -0.25) is 0 Å². The van der Waals surface area contributed by atoms with Gasteiger partial charge in [0.2, 0.25) is 12.2 Å². The van der Waals surface area contributed by atoms with Gasteiger partial charge < -0.3 is 14.7 Å². The van der Waals surface area contributed by atoms with Gasteiger partial charge in [-0.25, -0.2) is 13.2 Å². The molecule has 140 valence electrons. The maximum absolute atomic E-state index is 12.4. The number of likely N-dealkylation sites (tertiary alicyclic amines) is 1. The summed E-state index contributed by atoms with van der Waals surface area (Å²) in [6.07, 6.45) is 4.19. The Morgan fingerprint density at radius 1 is 1.35 bits per heavy atom. The summed E-state index contributed by atoms with van der Waals surface area (Å²) in [6.45, 7) is 1.54. The van der Waals surface area contributed by atoms with Gasteiger partial charge in [0, 0.05) is 31.5 Å². The number of nitrogens with one attached hydrogen (secondary N) is 1. The van der Waals surface area contributed by atoms with E-state index in [1.807, 2.05) is 24.3 Å². The van der Waals surface area contributed by atoms with Crippen LogP contribution in [0.3, 0.4) is 0 Å². The Hall–Kier alpha value is -2.42. The summed E-state index contributed by atoms with van der Waals surface area (Å²) in [5.41, 5.74) is 1.80. The monoisotopic (exact) mass is 378 g/mol. The van der Waals surface area contributed by atoms with Crippen molar-refractivity contribution in [2.45, 2.75) is 19.4 Å². The normalized spacial score (nSPS) is 17.9. The molecular formula is C17H22N4O4S. The number of carbonyl (C=O) groups excluding carboxylic acids is 1. The first-order chi connectivity index (χ1) is 12.4. The van der Waals surface area contributed by atoms with E-state index in [9.17, 15) is 13.2 Å². The first-order valence-electron chi connectivity index (χ1n) is 8.47. The molecule has 9 heteroatoms. The Morgan fingerprint density at radius 3 is 2.77 bits per heavy atom. The number of carbonyl (C=O) groups is 1. The number of urea groups is 1. The van der Waals surface area contributed by atoms with Crippen molar-refractivity contribution in [3.05, 3.63) is 36.2 Å². The van der Waals surface area contributed by atoms with Crippen molar-refractivity contribution in [1.29, 1.82) is 0 Å². The zero-order valence-electron chi connectivity index (χ0n) is 14.6. The van der Waals surface area contributed by atoms with Crippen LogP contribution in [0, 0.1) is 5.92 Å². The van der Waals surface area contributed by atoms with Crippen LogP contribution in [-0.4, -0.2) is 54.6 Å². The molecule has 1 N–H and O–H groups in total. The van der Waals surface area contributed by atoms with Crippen LogP contribution >= 0.6 is 0 Å². The molecule has 1 fully saturated rings. The second-order valence-corrected chi connectivity index (χ2v) is 8.84. The SMILES string of the molecule is CS(=O)(=O)C[C@H]1CCCN(C(=O)NCc2ccc(-c3ncon3)cc2)C1. The van der Waals surface area contributed by atoms with Gasteiger partial charge in [0.15, 0.2) is 0 Å². The van der Waals surface area contributed by atoms with E-state index in [1.165, 1.54) is 12.6 Å². The molecule has 0 unspecified atom stereocenters. The third kappa shape index (κ3) is 5.04. The summed E-state index contributed by atoms with van der Waals surface area (Å²) in [4.78, 5) is 18.1. The molecule has 8 nitrogen and oxygen atoms in total. The second-order valence-electron chi connectivity index (χ2n) is 6.66. The van der Waals surface area contributed by atoms with Crippen molar-refractivity contribution in [1.82, 2.24) is 20.4 Å². The molecule has 1 aromatic heterocycles. The van der Waals surface area contributed by atoms with E-state index in [4.69, 9.17) is 4.52 Å². The Bertz CT molecular complexity index is 834. The number of hydrogen-bond donors (Lipinski definition) is 1. The molecule has 1 atom stereocenters. The quantitative estimate of drug-likeness (QED) is 0.849. The summed E-state index contributed by atoms with van der Waals surface area (Å²) < 4.78 is 27.7. The van der Waals surface area contributed by atoms with Gasteiger partial charge >= 0.3 is 6.03 Å². The number of nitrogens with zero attached hydrogens (tertiary/aromatic N) is 3. The Morgan fingerprint density at radius 2 is 2.12 bits per heavy atom. The highest BCUT2D eigenvalue weighted by molar-refractivity contribution is 7.90. The number of aromatic nitrogens is 2. The molecule has 26 heavy (non-hydrogen) atoms. The maximum Gasteiger partial charge on any atom is 0.317 e. The summed E-state index contributed by atoms with van der Waals surface area (Å²) in [5, 5.41) is 6.67. The molecule has 2 aromatic rings. The van der Waals surface area contributed by atoms with Crippen LogP contribution in [0.4, 0.5) is 4.79 Å². The highest BCUT2D eigenvalue weighted by atomic mass is 32.2. The van der Waals surface area contributed by atoms with Crippen LogP contribution in [0.25, 0.3) is 11.4 Å². The van der Waals surface area contributed by atoms with Crippen LogP contribution in [0.1, 0.15) is 18.4 Å². The van der Waals surface area contributed by atoms with Crippen molar-refractivity contribution >= 4 is 15.9 Å². The summed E-state index contributed by atoms with van der Waals surface area (Å²) in [6, 6.07) is 7.37. The van der Waals surface area contributed by atoms with E-state index in [0.717, 1.165) is 24.0 Å². The Labute approximate surface area is 152 Å². The average Bonchev–Trinajstić information content (AvgIpc) is 3.13. The fraction of sp³-hybridized carbons (Fsp3) is 0.471. The van der Waals surface area contributed by atoms with Gasteiger partial charge in [0.05, 0.1) is 5.75 Å². The summed E-state index contributed by atoms with van der Waals surface area (Å²) in [7, 11) is -3.03. The van der Waals surface area contributed by atoms with Gasteiger partial charge in [-0.1, -0.05) is 29.4 Å². The molecule has 1 saturated heterocycles. The molecule has 1 aliphatic rings. The number of piperidine rings is 1. The lowest BCUT2D eigenvalue weighted by Gasteiger charge is -2.32. The van der Waals surface area contributed by atoms with Gasteiger partial charge in [-0.15, -0.1) is 0 Å². The van der Waals surface area contributed by atoms with E-state index in [0.29, 0.717) is 25.5 Å². The van der Waals surface area contributed by atoms with Crippen LogP contribution in [0.15, 0.2) is 35.2 Å². The zero-order chi connectivity index (χ0) is 18.6. The van der Waals surface area contributed by atoms with Crippen LogP contribution in [0.2, 0.25) is 0 Å². The highest BCUT2D eigenvalue weighted by Crippen LogP contribution is 2.18. The lowest BCUT2D eigenvalue weighted by molar-refractivity contribution is 0.170. The number of amides is 2. The van der Waals surface area contributed by atoms with Crippen LogP contribution in [0.5, 0.6) is 0 Å². The van der Waals surface area contributed by atoms with E-state index in [2.05, 4.69) is 15.5 Å². The number of benzene rings is 1. The van der Waals surface area contributed by atoms with E-state index >= 15 is 0 Å². The van der Waals surface area contributed by atoms with Crippen molar-refractivity contribution in [3.63, 3.8) is 0 Å². The highest BCUT2D eigenvalue weighted by Gasteiger charge is 2.25. The minimum atomic E-state index is -3.03. The zero-order valence-corrected chi connectivity index (χ0v) is 15.4. The van der Waals surface area contributed by atoms with Crippen molar-refractivity contribution in [2.75, 3.05) is 25.1 Å². The molecule has 0 saturated carbocycles. The van der Waals surface area contributed by atoms with E-state index in [1.54, 1.807) is 4.90 Å². The molecule has 1 aromatic carbocycles. The number of sulfone groups is 1. The topological polar surface area (TPSA) is 105 Å². The lowest BCUT2D eigenvalue weighted by Crippen LogP contribution is -2.46. The summed E-state index contributed by atoms with van der Waals surface area (Å²) in [5.74, 6) is 0.665. The molecule has 2 amide bonds. The third-order valence-electron chi connectivity index (χ3n) is 4.36. The molecule has 3 rings (SSSR count). The number of hydrogen-bond acceptors (Lipinski definition) is 6. The predicted molar refractivity (Wildman–Crippen MR) is 96.0 cm³/mol. The molecule has 0 spiro atoms. The van der Waals surface area contributed by atoms with E-state index < -0.39 is 9.84 Å². The lowest BCUT2D eigenvalue weighted by atomic mass is 10.0. The molecule has 2 heterocycles. The molecule has 1 aliphatic heterocycles. The summed E-state index contributed by atoms with van der Waals surface area (Å²) >= 11 is 0. The molecule has 0 radical (unpaired) electrons. The smallest absolute Gasteiger partial charge is 0.317 e. The molecule has 0 bridgehead atoms. The maximum atomic E-state index is 12.4. The van der Waals surface area contributed by atoms with Crippen molar-refractivity contribution in [3.8, 4) is 11.4 Å². The second kappa shape index (κ2) is 7.86. The van der Waals surface area contributed by atoms with Crippen LogP contribution in [-0.2, 0) is 16.4 Å². The van der Waals surface area contributed by atoms with Crippen molar-refractivity contribution < 1.29 is 17.7 Å². The van der Waals surface area contributed by atoms with Gasteiger partial charge in [0.1, 0.15) is 9.84 Å². The molecular weight excluding hydrogens is 356 g/mol. The first kappa shape index (κ1) is 18.4. The predicted octanol–water partition coefficient (Wildman–Crippen LogP) is 1.70. The fourth-order valence-electron chi connectivity index (χ4n) is 3.17. The average molecular weight is 378 g/mol. The Balaban J connectivity index is 1.52. The van der Waals surface area contributed by atoms with E-state index in [-0.39, 0.29) is 17.7 Å². The van der Waals surface area contributed by atoms with Crippen molar-refractivity contribution in [2.24, 2.45) is 5.92 Å². The number of rotatable bonds is 5. The third-order valence-corrected chi connectivity index (χ3v) is 5.44. The minimum Gasteiger partial charge on any atom is -0.342 e. The van der Waals surface area contributed by atoms with Crippen LogP contribution < -0.4 is 5.32 Å². The minimum absolute atomic E-state index is 0.0127. The van der Waals surface area contributed by atoms with Gasteiger partial charge in [-0.05, 0) is 24.3 Å². The van der Waals surface area contributed by atoms with Gasteiger partial charge in [-0.2, -0.15) is 4.98 Å². The first-order valence-corrected chi connectivity index (χ1v) is 10.5.